The fraction of sp³-hybridized carbons (Fsp3) is 0.846. The van der Waals surface area contributed by atoms with Gasteiger partial charge in [0, 0.05) is 12.8 Å². The van der Waals surface area contributed by atoms with Crippen LogP contribution < -0.4 is 0 Å². The fourth-order valence-corrected chi connectivity index (χ4v) is 2.82. The lowest BCUT2D eigenvalue weighted by Crippen LogP contribution is -2.52. The molecule has 0 N–H and O–H groups in total. The standard InChI is InChI=1S/C13H20O6/c1-4-16-10(14)13(11(15)17-5-2)6-9-7-18-12(3,8-13)19-9/h9H,4-8H2,1-3H3/t9-,12+/m0/s1. The maximum absolute atomic E-state index is 12.3. The molecule has 2 atom stereocenters. The number of rotatable bonds is 4. The van der Waals surface area contributed by atoms with Crippen molar-refractivity contribution < 1.29 is 28.5 Å². The van der Waals surface area contributed by atoms with E-state index in [-0.39, 0.29) is 32.2 Å². The SMILES string of the molecule is CCOC(=O)C1(C(=O)OCC)C[C@H]2CO[C@@](C)(C1)O2. The van der Waals surface area contributed by atoms with Gasteiger partial charge in [0.2, 0.25) is 0 Å². The van der Waals surface area contributed by atoms with Crippen LogP contribution in [-0.4, -0.2) is 43.7 Å². The summed E-state index contributed by atoms with van der Waals surface area (Å²) in [7, 11) is 0. The summed E-state index contributed by atoms with van der Waals surface area (Å²) in [6, 6.07) is 0. The topological polar surface area (TPSA) is 71.1 Å². The van der Waals surface area contributed by atoms with E-state index in [0.29, 0.717) is 6.61 Å². The molecule has 0 aromatic carbocycles. The highest BCUT2D eigenvalue weighted by atomic mass is 16.7. The third kappa shape index (κ3) is 2.47. The van der Waals surface area contributed by atoms with Gasteiger partial charge in [0.1, 0.15) is 0 Å². The fourth-order valence-electron chi connectivity index (χ4n) is 2.82. The molecule has 2 aliphatic rings. The average molecular weight is 272 g/mol. The van der Waals surface area contributed by atoms with Crippen LogP contribution in [0.4, 0.5) is 0 Å². The van der Waals surface area contributed by atoms with Crippen molar-refractivity contribution >= 4 is 11.9 Å². The molecule has 0 aromatic heterocycles. The molecule has 2 bridgehead atoms. The van der Waals surface area contributed by atoms with E-state index in [4.69, 9.17) is 18.9 Å². The predicted molar refractivity (Wildman–Crippen MR) is 64.2 cm³/mol. The van der Waals surface area contributed by atoms with Crippen LogP contribution in [0.25, 0.3) is 0 Å². The van der Waals surface area contributed by atoms with Gasteiger partial charge in [-0.2, -0.15) is 0 Å². The van der Waals surface area contributed by atoms with Gasteiger partial charge >= 0.3 is 11.9 Å². The van der Waals surface area contributed by atoms with Crippen LogP contribution in [-0.2, 0) is 28.5 Å². The maximum atomic E-state index is 12.3. The first-order valence-corrected chi connectivity index (χ1v) is 6.62. The van der Waals surface area contributed by atoms with E-state index in [2.05, 4.69) is 0 Å². The largest absolute Gasteiger partial charge is 0.465 e. The van der Waals surface area contributed by atoms with E-state index in [1.165, 1.54) is 0 Å². The zero-order chi connectivity index (χ0) is 14.1. The van der Waals surface area contributed by atoms with Crippen LogP contribution in [0.2, 0.25) is 0 Å². The van der Waals surface area contributed by atoms with Gasteiger partial charge in [-0.05, 0) is 20.8 Å². The molecule has 0 radical (unpaired) electrons. The first-order chi connectivity index (χ1) is 8.96. The Morgan fingerprint density at radius 3 is 2.26 bits per heavy atom. The summed E-state index contributed by atoms with van der Waals surface area (Å²) in [5, 5.41) is 0. The highest BCUT2D eigenvalue weighted by molar-refractivity contribution is 6.00. The molecular formula is C13H20O6. The Balaban J connectivity index is 2.29. The van der Waals surface area contributed by atoms with Crippen molar-refractivity contribution in [3.05, 3.63) is 0 Å². The molecule has 0 aliphatic carbocycles. The number of esters is 2. The number of hydrogen-bond acceptors (Lipinski definition) is 6. The van der Waals surface area contributed by atoms with Gasteiger partial charge in [0.15, 0.2) is 11.2 Å². The Labute approximate surface area is 112 Å². The molecule has 0 spiro atoms. The molecule has 2 heterocycles. The van der Waals surface area contributed by atoms with E-state index in [9.17, 15) is 9.59 Å². The normalized spacial score (nSPS) is 31.8. The molecule has 108 valence electrons. The second-order valence-corrected chi connectivity index (χ2v) is 5.09. The second kappa shape index (κ2) is 5.09. The quantitative estimate of drug-likeness (QED) is 0.562. The van der Waals surface area contributed by atoms with E-state index < -0.39 is 23.1 Å². The van der Waals surface area contributed by atoms with Gasteiger partial charge in [-0.1, -0.05) is 0 Å². The predicted octanol–water partition coefficient (Wildman–Crippen LogP) is 1.02. The third-order valence-corrected chi connectivity index (χ3v) is 3.52. The van der Waals surface area contributed by atoms with E-state index in [1.807, 2.05) is 0 Å². The maximum Gasteiger partial charge on any atom is 0.323 e. The number of carbonyl (C=O) groups is 2. The lowest BCUT2D eigenvalue weighted by atomic mass is 9.75. The summed E-state index contributed by atoms with van der Waals surface area (Å²) in [6.07, 6.45) is 0.113. The Morgan fingerprint density at radius 2 is 1.79 bits per heavy atom. The minimum Gasteiger partial charge on any atom is -0.465 e. The van der Waals surface area contributed by atoms with Crippen molar-refractivity contribution in [1.82, 2.24) is 0 Å². The summed E-state index contributed by atoms with van der Waals surface area (Å²) in [4.78, 5) is 24.5. The summed E-state index contributed by atoms with van der Waals surface area (Å²) in [5.41, 5.74) is -1.31. The van der Waals surface area contributed by atoms with Crippen LogP contribution >= 0.6 is 0 Å². The first-order valence-electron chi connectivity index (χ1n) is 6.62. The number of carbonyl (C=O) groups excluding carboxylic acids is 2. The van der Waals surface area contributed by atoms with Gasteiger partial charge in [-0.25, -0.2) is 0 Å². The molecule has 0 aromatic rings. The van der Waals surface area contributed by atoms with Crippen molar-refractivity contribution in [3.63, 3.8) is 0 Å². The van der Waals surface area contributed by atoms with E-state index in [1.54, 1.807) is 20.8 Å². The highest BCUT2D eigenvalue weighted by Crippen LogP contribution is 2.47. The van der Waals surface area contributed by atoms with Crippen molar-refractivity contribution in [2.24, 2.45) is 5.41 Å². The van der Waals surface area contributed by atoms with Gasteiger partial charge in [-0.15, -0.1) is 0 Å². The first kappa shape index (κ1) is 14.3. The molecule has 6 heteroatoms. The molecule has 2 aliphatic heterocycles. The number of ether oxygens (including phenoxy) is 4. The lowest BCUT2D eigenvalue weighted by Gasteiger charge is -2.39. The summed E-state index contributed by atoms with van der Waals surface area (Å²) in [5.74, 6) is -2.00. The van der Waals surface area contributed by atoms with Gasteiger partial charge < -0.3 is 18.9 Å². The van der Waals surface area contributed by atoms with E-state index >= 15 is 0 Å². The van der Waals surface area contributed by atoms with Crippen LogP contribution in [0.5, 0.6) is 0 Å². The smallest absolute Gasteiger partial charge is 0.323 e. The molecule has 6 nitrogen and oxygen atoms in total. The molecule has 2 rings (SSSR count). The zero-order valence-electron chi connectivity index (χ0n) is 11.6. The molecule has 0 saturated carbocycles. The van der Waals surface area contributed by atoms with Crippen LogP contribution in [0.3, 0.4) is 0 Å². The van der Waals surface area contributed by atoms with Crippen LogP contribution in [0.15, 0.2) is 0 Å². The minimum atomic E-state index is -1.31. The third-order valence-electron chi connectivity index (χ3n) is 3.52. The summed E-state index contributed by atoms with van der Waals surface area (Å²) >= 11 is 0. The molecule has 0 amide bonds. The lowest BCUT2D eigenvalue weighted by molar-refractivity contribution is -0.222. The Kier molecular flexibility index (Phi) is 3.82. The van der Waals surface area contributed by atoms with Crippen LogP contribution in [0.1, 0.15) is 33.6 Å². The Bertz CT molecular complexity index is 361. The zero-order valence-corrected chi connectivity index (χ0v) is 11.6. The number of hydrogen-bond donors (Lipinski definition) is 0. The van der Waals surface area contributed by atoms with Crippen molar-refractivity contribution in [1.29, 1.82) is 0 Å². The van der Waals surface area contributed by atoms with Crippen molar-refractivity contribution in [3.8, 4) is 0 Å². The van der Waals surface area contributed by atoms with Gasteiger partial charge in [0.25, 0.3) is 0 Å². The Hall–Kier alpha value is -1.14. The van der Waals surface area contributed by atoms with Gasteiger partial charge in [-0.3, -0.25) is 9.59 Å². The average Bonchev–Trinajstić information content (AvgIpc) is 2.63. The van der Waals surface area contributed by atoms with Crippen molar-refractivity contribution in [2.45, 2.75) is 45.5 Å². The molecule has 0 unspecified atom stereocenters. The minimum absolute atomic E-state index is 0.133. The molecule has 2 saturated heterocycles. The molecular weight excluding hydrogens is 252 g/mol. The Morgan fingerprint density at radius 1 is 1.21 bits per heavy atom. The highest BCUT2D eigenvalue weighted by Gasteiger charge is 2.61. The summed E-state index contributed by atoms with van der Waals surface area (Å²) < 4.78 is 21.3. The van der Waals surface area contributed by atoms with E-state index in [0.717, 1.165) is 0 Å². The van der Waals surface area contributed by atoms with Gasteiger partial charge in [0.05, 0.1) is 25.9 Å². The monoisotopic (exact) mass is 272 g/mol. The molecule has 19 heavy (non-hydrogen) atoms. The van der Waals surface area contributed by atoms with Crippen LogP contribution in [0, 0.1) is 5.41 Å². The number of fused-ring (bicyclic) bond motifs is 2. The molecule has 2 fully saturated rings. The second-order valence-electron chi connectivity index (χ2n) is 5.09. The summed E-state index contributed by atoms with van der Waals surface area (Å²) in [6.45, 7) is 5.99. The van der Waals surface area contributed by atoms with Crippen molar-refractivity contribution in [2.75, 3.05) is 19.8 Å².